The molecule has 0 fully saturated rings. The number of rotatable bonds is 3. The molecular weight excluding hydrogens is 292 g/mol. The summed E-state index contributed by atoms with van der Waals surface area (Å²) in [6, 6.07) is 11.1. The number of benzene rings is 1. The monoisotopic (exact) mass is 298 g/mol. The molecule has 1 N–H and O–H groups in total. The first kappa shape index (κ1) is 14.4. The highest BCUT2D eigenvalue weighted by Crippen LogP contribution is 2.27. The molecule has 21 heavy (non-hydrogen) atoms. The Morgan fingerprint density at radius 2 is 1.95 bits per heavy atom. The lowest BCUT2D eigenvalue weighted by molar-refractivity contribution is 0.0697. The first-order chi connectivity index (χ1) is 10.0. The summed E-state index contributed by atoms with van der Waals surface area (Å²) >= 11 is 5.89. The standard InChI is InChI=1S/C15H7ClN2O3/c16-13-6-10(1-3-12(13)15(19)20)14-4-2-11(21-14)5-9(7-17)8-18/h1-6H,(H,19,20). The minimum absolute atomic E-state index is 0.00309. The van der Waals surface area contributed by atoms with Crippen LogP contribution in [-0.2, 0) is 0 Å². The molecule has 0 aliphatic carbocycles. The number of nitrogens with zero attached hydrogens (tertiary/aromatic N) is 2. The van der Waals surface area contributed by atoms with Gasteiger partial charge in [-0.05, 0) is 24.3 Å². The van der Waals surface area contributed by atoms with Crippen LogP contribution in [0.2, 0.25) is 5.02 Å². The van der Waals surface area contributed by atoms with Crippen LogP contribution in [0.3, 0.4) is 0 Å². The molecular formula is C15H7ClN2O3. The largest absolute Gasteiger partial charge is 0.478 e. The zero-order valence-electron chi connectivity index (χ0n) is 10.5. The lowest BCUT2D eigenvalue weighted by atomic mass is 10.1. The number of carboxylic acids is 1. The van der Waals surface area contributed by atoms with Crippen molar-refractivity contribution in [3.8, 4) is 23.5 Å². The first-order valence-electron chi connectivity index (χ1n) is 5.70. The maximum absolute atomic E-state index is 10.9. The van der Waals surface area contributed by atoms with E-state index in [0.29, 0.717) is 17.1 Å². The van der Waals surface area contributed by atoms with E-state index in [-0.39, 0.29) is 16.2 Å². The van der Waals surface area contributed by atoms with Gasteiger partial charge in [-0.2, -0.15) is 10.5 Å². The molecule has 0 spiro atoms. The van der Waals surface area contributed by atoms with Crippen molar-refractivity contribution < 1.29 is 14.3 Å². The molecule has 2 rings (SSSR count). The predicted octanol–water partition coefficient (Wildman–Crippen LogP) is 3.73. The molecule has 0 aliphatic rings. The zero-order chi connectivity index (χ0) is 15.4. The van der Waals surface area contributed by atoms with Crippen LogP contribution in [0.1, 0.15) is 16.1 Å². The Labute approximate surface area is 124 Å². The Bertz CT molecular complexity index is 806. The molecule has 5 nitrogen and oxygen atoms in total. The van der Waals surface area contributed by atoms with Crippen LogP contribution in [-0.4, -0.2) is 11.1 Å². The Hall–Kier alpha value is -3.02. The molecule has 0 atom stereocenters. The van der Waals surface area contributed by atoms with Gasteiger partial charge in [-0.25, -0.2) is 4.79 Å². The fraction of sp³-hybridized carbons (Fsp3) is 0. The second kappa shape index (κ2) is 5.96. The van der Waals surface area contributed by atoms with E-state index in [4.69, 9.17) is 31.6 Å². The fourth-order valence-corrected chi connectivity index (χ4v) is 1.92. The molecule has 6 heteroatoms. The van der Waals surface area contributed by atoms with Gasteiger partial charge in [-0.15, -0.1) is 0 Å². The Morgan fingerprint density at radius 1 is 1.24 bits per heavy atom. The topological polar surface area (TPSA) is 98.0 Å². The van der Waals surface area contributed by atoms with Crippen molar-refractivity contribution in [2.24, 2.45) is 0 Å². The number of furan rings is 1. The average molecular weight is 299 g/mol. The van der Waals surface area contributed by atoms with Crippen molar-refractivity contribution in [1.82, 2.24) is 0 Å². The fourth-order valence-electron chi connectivity index (χ4n) is 1.66. The van der Waals surface area contributed by atoms with Crippen LogP contribution < -0.4 is 0 Å². The van der Waals surface area contributed by atoms with Crippen molar-refractivity contribution in [1.29, 1.82) is 10.5 Å². The smallest absolute Gasteiger partial charge is 0.337 e. The van der Waals surface area contributed by atoms with Crippen LogP contribution in [0.5, 0.6) is 0 Å². The Morgan fingerprint density at radius 3 is 2.52 bits per heavy atom. The number of halogens is 1. The second-order valence-electron chi connectivity index (χ2n) is 3.98. The van der Waals surface area contributed by atoms with Gasteiger partial charge in [0, 0.05) is 11.6 Å². The lowest BCUT2D eigenvalue weighted by Crippen LogP contribution is -1.96. The quantitative estimate of drug-likeness (QED) is 0.870. The number of carbonyl (C=O) groups is 1. The van der Waals surface area contributed by atoms with Crippen LogP contribution in [0.15, 0.2) is 40.3 Å². The number of nitriles is 2. The van der Waals surface area contributed by atoms with Gasteiger partial charge in [0.15, 0.2) is 0 Å². The van der Waals surface area contributed by atoms with E-state index in [2.05, 4.69) is 0 Å². The number of hydrogen-bond donors (Lipinski definition) is 1. The summed E-state index contributed by atoms with van der Waals surface area (Å²) in [7, 11) is 0. The molecule has 0 radical (unpaired) electrons. The summed E-state index contributed by atoms with van der Waals surface area (Å²) in [5.74, 6) is -0.306. The summed E-state index contributed by atoms with van der Waals surface area (Å²) in [5.41, 5.74) is 0.526. The van der Waals surface area contributed by atoms with E-state index in [9.17, 15) is 4.79 Å². The van der Waals surface area contributed by atoms with E-state index in [0.717, 1.165) is 0 Å². The third-order valence-corrected chi connectivity index (χ3v) is 2.95. The third kappa shape index (κ3) is 3.11. The lowest BCUT2D eigenvalue weighted by Gasteiger charge is -2.01. The third-order valence-electron chi connectivity index (χ3n) is 2.64. The van der Waals surface area contributed by atoms with E-state index < -0.39 is 5.97 Å². The van der Waals surface area contributed by atoms with Gasteiger partial charge in [0.05, 0.1) is 10.6 Å². The number of aromatic carboxylic acids is 1. The van der Waals surface area contributed by atoms with Gasteiger partial charge in [0.2, 0.25) is 0 Å². The van der Waals surface area contributed by atoms with Crippen molar-refractivity contribution in [2.75, 3.05) is 0 Å². The molecule has 1 heterocycles. The number of hydrogen-bond acceptors (Lipinski definition) is 4. The van der Waals surface area contributed by atoms with Crippen molar-refractivity contribution in [2.45, 2.75) is 0 Å². The van der Waals surface area contributed by atoms with Crippen molar-refractivity contribution >= 4 is 23.6 Å². The van der Waals surface area contributed by atoms with E-state index >= 15 is 0 Å². The van der Waals surface area contributed by atoms with Gasteiger partial charge < -0.3 is 9.52 Å². The number of allylic oxidation sites excluding steroid dienone is 1. The highest BCUT2D eigenvalue weighted by Gasteiger charge is 2.11. The zero-order valence-corrected chi connectivity index (χ0v) is 11.3. The second-order valence-corrected chi connectivity index (χ2v) is 4.39. The van der Waals surface area contributed by atoms with Gasteiger partial charge in [0.1, 0.15) is 29.2 Å². The molecule has 1 aromatic carbocycles. The first-order valence-corrected chi connectivity index (χ1v) is 6.08. The summed E-state index contributed by atoms with van der Waals surface area (Å²) in [4.78, 5) is 10.9. The molecule has 0 unspecified atom stereocenters. The van der Waals surface area contributed by atoms with Crippen molar-refractivity contribution in [3.05, 3.63) is 52.3 Å². The Balaban J connectivity index is 2.37. The maximum atomic E-state index is 10.9. The minimum Gasteiger partial charge on any atom is -0.478 e. The van der Waals surface area contributed by atoms with Gasteiger partial charge in [-0.1, -0.05) is 17.7 Å². The van der Waals surface area contributed by atoms with Crippen LogP contribution >= 0.6 is 11.6 Å². The molecule has 102 valence electrons. The normalized spacial score (nSPS) is 9.48. The summed E-state index contributed by atoms with van der Waals surface area (Å²) in [6.07, 6.45) is 1.32. The average Bonchev–Trinajstić information content (AvgIpc) is 2.92. The summed E-state index contributed by atoms with van der Waals surface area (Å²) in [6.45, 7) is 0. The number of carboxylic acid groups (broad SMARTS) is 1. The van der Waals surface area contributed by atoms with Crippen LogP contribution in [0, 0.1) is 22.7 Å². The SMILES string of the molecule is N#CC(C#N)=Cc1ccc(-c2ccc(C(=O)O)c(Cl)c2)o1. The predicted molar refractivity (Wildman–Crippen MR) is 75.3 cm³/mol. The maximum Gasteiger partial charge on any atom is 0.337 e. The van der Waals surface area contributed by atoms with Gasteiger partial charge in [-0.3, -0.25) is 0 Å². The minimum atomic E-state index is -1.11. The molecule has 0 saturated heterocycles. The molecule has 0 aliphatic heterocycles. The van der Waals surface area contributed by atoms with Crippen molar-refractivity contribution in [3.63, 3.8) is 0 Å². The molecule has 0 amide bonds. The highest BCUT2D eigenvalue weighted by molar-refractivity contribution is 6.33. The molecule has 0 bridgehead atoms. The van der Waals surface area contributed by atoms with Crippen LogP contribution in [0.4, 0.5) is 0 Å². The Kier molecular flexibility index (Phi) is 4.08. The van der Waals surface area contributed by atoms with Gasteiger partial charge >= 0.3 is 5.97 Å². The van der Waals surface area contributed by atoms with E-state index in [1.807, 2.05) is 0 Å². The van der Waals surface area contributed by atoms with Gasteiger partial charge in [0.25, 0.3) is 0 Å². The van der Waals surface area contributed by atoms with E-state index in [1.54, 1.807) is 30.3 Å². The molecule has 1 aromatic heterocycles. The van der Waals surface area contributed by atoms with Crippen LogP contribution in [0.25, 0.3) is 17.4 Å². The molecule has 0 saturated carbocycles. The summed E-state index contributed by atoms with van der Waals surface area (Å²) in [5, 5.41) is 26.4. The summed E-state index contributed by atoms with van der Waals surface area (Å²) < 4.78 is 5.47. The van der Waals surface area contributed by atoms with E-state index in [1.165, 1.54) is 18.2 Å². The highest BCUT2D eigenvalue weighted by atomic mass is 35.5. The molecule has 2 aromatic rings.